The Kier molecular flexibility index (Phi) is 9.35. The fourth-order valence-corrected chi connectivity index (χ4v) is 7.84. The lowest BCUT2D eigenvalue weighted by molar-refractivity contribution is -0.385. The smallest absolute Gasteiger partial charge is 0.269 e. The number of ether oxygens (including phenoxy) is 2. The third-order valence-electron chi connectivity index (χ3n) is 7.99. The molecule has 0 spiro atoms. The highest BCUT2D eigenvalue weighted by Gasteiger charge is 2.37. The number of hydrogen-bond donors (Lipinski definition) is 1. The van der Waals surface area contributed by atoms with Crippen LogP contribution in [0, 0.1) is 27.2 Å². The van der Waals surface area contributed by atoms with Gasteiger partial charge in [-0.3, -0.25) is 24.8 Å². The predicted molar refractivity (Wildman–Crippen MR) is 187 cm³/mol. The van der Waals surface area contributed by atoms with Gasteiger partial charge in [-0.2, -0.15) is 0 Å². The van der Waals surface area contributed by atoms with Gasteiger partial charge >= 0.3 is 0 Å². The first-order chi connectivity index (χ1) is 23.6. The second kappa shape index (κ2) is 13.9. The Morgan fingerprint density at radius 3 is 1.33 bits per heavy atom. The number of benzene rings is 6. The molecule has 0 amide bonds. The molecule has 1 unspecified atom stereocenters. The molecular formula is C38H29N2O8P. The van der Waals surface area contributed by atoms with Crippen LogP contribution < -0.4 is 14.8 Å². The van der Waals surface area contributed by atoms with E-state index in [9.17, 15) is 29.7 Å². The van der Waals surface area contributed by atoms with Crippen molar-refractivity contribution in [3.63, 3.8) is 0 Å². The Hall–Kier alpha value is -6.09. The molecule has 0 heterocycles. The molecule has 0 radical (unpaired) electrons. The van der Waals surface area contributed by atoms with E-state index in [1.54, 1.807) is 60.7 Å². The van der Waals surface area contributed by atoms with E-state index in [-0.39, 0.29) is 11.4 Å². The Morgan fingerprint density at radius 2 is 0.918 bits per heavy atom. The lowest BCUT2D eigenvalue weighted by Gasteiger charge is -2.27. The van der Waals surface area contributed by atoms with Gasteiger partial charge in [-0.1, -0.05) is 66.7 Å². The maximum Gasteiger partial charge on any atom is 0.269 e. The molecule has 6 rings (SSSR count). The van der Waals surface area contributed by atoms with Gasteiger partial charge in [0.2, 0.25) is 7.37 Å². The number of nitro benzene ring substituents is 2. The van der Waals surface area contributed by atoms with Crippen LogP contribution in [0.5, 0.6) is 23.0 Å². The average Bonchev–Trinajstić information content (AvgIpc) is 3.10. The van der Waals surface area contributed by atoms with Gasteiger partial charge in [0.05, 0.1) is 15.5 Å². The molecule has 49 heavy (non-hydrogen) atoms. The van der Waals surface area contributed by atoms with Crippen LogP contribution in [0.4, 0.5) is 11.4 Å². The lowest BCUT2D eigenvalue weighted by Crippen LogP contribution is -2.15. The zero-order valence-electron chi connectivity index (χ0n) is 26.1. The molecule has 11 heteroatoms. The summed E-state index contributed by atoms with van der Waals surface area (Å²) in [4.78, 5) is 33.3. The van der Waals surface area contributed by atoms with Crippen LogP contribution in [0.15, 0.2) is 146 Å². The topological polar surface area (TPSA) is 142 Å². The summed E-state index contributed by atoms with van der Waals surface area (Å²) in [6.45, 7) is 1.96. The predicted octanol–water partition coefficient (Wildman–Crippen LogP) is 9.75. The van der Waals surface area contributed by atoms with Crippen molar-refractivity contribution in [2.45, 2.75) is 12.6 Å². The number of nitro groups is 2. The van der Waals surface area contributed by atoms with Gasteiger partial charge in [-0.05, 0) is 89.3 Å². The maximum atomic E-state index is 14.9. The summed E-state index contributed by atoms with van der Waals surface area (Å²) in [5, 5.41) is 22.3. The molecule has 0 bridgehead atoms. The Morgan fingerprint density at radius 1 is 0.551 bits per heavy atom. The summed E-state index contributed by atoms with van der Waals surface area (Å²) in [5.74, 6) is 1.68. The van der Waals surface area contributed by atoms with Crippen molar-refractivity contribution < 1.29 is 28.8 Å². The SMILES string of the molecule is Cc1ccccc1-c1ccccc1P(=O)(O)C(c1ccc(Oc2ccc([N+](=O)[O-])cc2)cc1)c1ccc(Oc2ccc([N+](=O)[O-])cc2)cc1. The Bertz CT molecular complexity index is 2070. The van der Waals surface area contributed by atoms with Crippen LogP contribution in [0.3, 0.4) is 0 Å². The standard InChI is InChI=1S/C38H29N2O8P/c1-26-6-2-3-7-35(26)36-8-4-5-9-37(36)49(45,46)38(27-10-18-31(19-11-27)47-33-22-14-29(15-23-33)39(41)42)28-12-20-32(21-13-28)48-34-24-16-30(17-25-34)40(43)44/h2-25,38H,1H3,(H,45,46). The van der Waals surface area contributed by atoms with Crippen molar-refractivity contribution in [2.24, 2.45) is 0 Å². The first-order valence-electron chi connectivity index (χ1n) is 15.1. The van der Waals surface area contributed by atoms with Crippen LogP contribution in [-0.2, 0) is 4.57 Å². The Labute approximate surface area is 281 Å². The zero-order valence-corrected chi connectivity index (χ0v) is 27.0. The first kappa shape index (κ1) is 32.8. The van der Waals surface area contributed by atoms with Gasteiger partial charge in [0.25, 0.3) is 11.4 Å². The van der Waals surface area contributed by atoms with Crippen LogP contribution in [0.1, 0.15) is 22.3 Å². The van der Waals surface area contributed by atoms with Gasteiger partial charge in [-0.25, -0.2) is 0 Å². The number of aryl methyl sites for hydroxylation is 1. The Balaban J connectivity index is 1.37. The second-order valence-electron chi connectivity index (χ2n) is 11.2. The van der Waals surface area contributed by atoms with E-state index in [2.05, 4.69) is 0 Å². The van der Waals surface area contributed by atoms with E-state index in [1.165, 1.54) is 48.5 Å². The number of hydrogen-bond acceptors (Lipinski definition) is 7. The highest BCUT2D eigenvalue weighted by atomic mass is 31.2. The monoisotopic (exact) mass is 672 g/mol. The average molecular weight is 673 g/mol. The molecular weight excluding hydrogens is 643 g/mol. The van der Waals surface area contributed by atoms with Gasteiger partial charge in [0.1, 0.15) is 23.0 Å². The highest BCUT2D eigenvalue weighted by molar-refractivity contribution is 7.67. The van der Waals surface area contributed by atoms with E-state index >= 15 is 0 Å². The van der Waals surface area contributed by atoms with Crippen molar-refractivity contribution in [3.8, 4) is 34.1 Å². The van der Waals surface area contributed by atoms with Crippen molar-refractivity contribution in [1.29, 1.82) is 0 Å². The summed E-state index contributed by atoms with van der Waals surface area (Å²) in [6, 6.07) is 39.9. The molecule has 0 aliphatic carbocycles. The van der Waals surface area contributed by atoms with Gasteiger partial charge in [0, 0.05) is 29.6 Å². The molecule has 6 aromatic rings. The minimum absolute atomic E-state index is 0.0561. The molecule has 0 saturated heterocycles. The first-order valence-corrected chi connectivity index (χ1v) is 16.9. The van der Waals surface area contributed by atoms with E-state index in [0.717, 1.165) is 11.1 Å². The summed E-state index contributed by atoms with van der Waals surface area (Å²) in [6.07, 6.45) is 0. The highest BCUT2D eigenvalue weighted by Crippen LogP contribution is 2.59. The number of non-ortho nitro benzene ring substituents is 2. The number of nitrogens with zero attached hydrogens (tertiary/aromatic N) is 2. The maximum absolute atomic E-state index is 14.9. The van der Waals surface area contributed by atoms with Crippen molar-refractivity contribution in [2.75, 3.05) is 0 Å². The molecule has 10 nitrogen and oxygen atoms in total. The largest absolute Gasteiger partial charge is 0.457 e. The van der Waals surface area contributed by atoms with Gasteiger partial charge in [0.15, 0.2) is 0 Å². The quantitative estimate of drug-likeness (QED) is 0.0814. The van der Waals surface area contributed by atoms with Crippen molar-refractivity contribution in [1.82, 2.24) is 0 Å². The van der Waals surface area contributed by atoms with Crippen LogP contribution in [-0.4, -0.2) is 14.7 Å². The fourth-order valence-electron chi connectivity index (χ4n) is 5.57. The van der Waals surface area contributed by atoms with Crippen molar-refractivity contribution in [3.05, 3.63) is 183 Å². The van der Waals surface area contributed by atoms with Gasteiger partial charge in [-0.15, -0.1) is 0 Å². The van der Waals surface area contributed by atoms with E-state index in [4.69, 9.17) is 9.47 Å². The fraction of sp³-hybridized carbons (Fsp3) is 0.0526. The molecule has 0 fully saturated rings. The van der Waals surface area contributed by atoms with Crippen LogP contribution >= 0.6 is 7.37 Å². The molecule has 6 aromatic carbocycles. The minimum atomic E-state index is -4.22. The number of rotatable bonds is 11. The zero-order chi connectivity index (χ0) is 34.5. The van der Waals surface area contributed by atoms with Crippen LogP contribution in [0.2, 0.25) is 0 Å². The molecule has 0 aliphatic heterocycles. The summed E-state index contributed by atoms with van der Waals surface area (Å²) in [7, 11) is -4.22. The summed E-state index contributed by atoms with van der Waals surface area (Å²) < 4.78 is 26.7. The third kappa shape index (κ3) is 7.26. The summed E-state index contributed by atoms with van der Waals surface area (Å²) >= 11 is 0. The minimum Gasteiger partial charge on any atom is -0.457 e. The van der Waals surface area contributed by atoms with Gasteiger partial charge < -0.3 is 14.4 Å². The molecule has 0 saturated carbocycles. The van der Waals surface area contributed by atoms with Crippen LogP contribution in [0.25, 0.3) is 11.1 Å². The molecule has 1 atom stereocenters. The van der Waals surface area contributed by atoms with Crippen molar-refractivity contribution >= 4 is 24.0 Å². The lowest BCUT2D eigenvalue weighted by atomic mass is 10.0. The molecule has 0 aromatic heterocycles. The van der Waals surface area contributed by atoms with E-state index < -0.39 is 22.9 Å². The normalized spacial score (nSPS) is 12.2. The van der Waals surface area contributed by atoms with E-state index in [1.807, 2.05) is 43.3 Å². The van der Waals surface area contributed by atoms with E-state index in [0.29, 0.717) is 45.0 Å². The molecule has 0 aliphatic rings. The summed E-state index contributed by atoms with van der Waals surface area (Å²) in [5.41, 5.74) is 2.50. The third-order valence-corrected chi connectivity index (χ3v) is 10.4. The second-order valence-corrected chi connectivity index (χ2v) is 13.4. The molecule has 244 valence electrons. The molecule has 1 N–H and O–H groups in total.